The largest absolute Gasteiger partial charge is 0.354 e. The minimum atomic E-state index is 0. The van der Waals surface area contributed by atoms with Gasteiger partial charge in [-0.2, -0.15) is 5.10 Å². The standard InChI is InChI=1S/C24H36N6.HI/c1-25-24(26-18-21-9-5-10-23(17-21)30-14-6-13-27-30)28-22-11-15-29(16-12-22)19-20-7-3-2-4-8-20;/h5-6,9-10,13-14,17,20,22H,2-4,7-8,11-12,15-16,18-19H2,1H3,(H2,25,26,28);1H. The van der Waals surface area contributed by atoms with Crippen molar-refractivity contribution in [2.75, 3.05) is 26.7 Å². The van der Waals surface area contributed by atoms with Gasteiger partial charge in [-0.05, 0) is 55.4 Å². The second-order valence-corrected chi connectivity index (χ2v) is 8.77. The van der Waals surface area contributed by atoms with Gasteiger partial charge in [0.15, 0.2) is 5.96 Å². The van der Waals surface area contributed by atoms with Crippen molar-refractivity contribution in [3.05, 3.63) is 48.3 Å². The van der Waals surface area contributed by atoms with E-state index in [9.17, 15) is 0 Å². The number of piperidine rings is 1. The van der Waals surface area contributed by atoms with E-state index in [4.69, 9.17) is 0 Å². The molecule has 1 aromatic heterocycles. The van der Waals surface area contributed by atoms with Gasteiger partial charge in [0.05, 0.1) is 5.69 Å². The van der Waals surface area contributed by atoms with E-state index in [0.717, 1.165) is 24.1 Å². The highest BCUT2D eigenvalue weighted by Crippen LogP contribution is 2.25. The Hall–Kier alpha value is -1.61. The lowest BCUT2D eigenvalue weighted by Crippen LogP contribution is -2.49. The molecule has 2 fully saturated rings. The lowest BCUT2D eigenvalue weighted by Gasteiger charge is -2.36. The van der Waals surface area contributed by atoms with Gasteiger partial charge in [0.2, 0.25) is 0 Å². The molecule has 1 saturated carbocycles. The summed E-state index contributed by atoms with van der Waals surface area (Å²) in [5, 5.41) is 11.4. The maximum absolute atomic E-state index is 4.45. The molecule has 0 spiro atoms. The fourth-order valence-electron chi connectivity index (χ4n) is 4.80. The molecule has 1 aliphatic carbocycles. The summed E-state index contributed by atoms with van der Waals surface area (Å²) in [4.78, 5) is 7.13. The van der Waals surface area contributed by atoms with E-state index in [1.165, 1.54) is 70.1 Å². The van der Waals surface area contributed by atoms with Crippen molar-refractivity contribution in [2.24, 2.45) is 10.9 Å². The van der Waals surface area contributed by atoms with E-state index in [2.05, 4.69) is 49.9 Å². The summed E-state index contributed by atoms with van der Waals surface area (Å²) in [7, 11) is 1.85. The molecule has 1 aliphatic heterocycles. The van der Waals surface area contributed by atoms with Crippen LogP contribution >= 0.6 is 24.0 Å². The van der Waals surface area contributed by atoms with Crippen molar-refractivity contribution >= 4 is 29.9 Å². The van der Waals surface area contributed by atoms with E-state index < -0.39 is 0 Å². The number of nitrogens with zero attached hydrogens (tertiary/aromatic N) is 4. The van der Waals surface area contributed by atoms with Gasteiger partial charge < -0.3 is 15.5 Å². The molecule has 2 aliphatic rings. The molecule has 31 heavy (non-hydrogen) atoms. The van der Waals surface area contributed by atoms with Crippen LogP contribution in [-0.2, 0) is 6.54 Å². The Morgan fingerprint density at radius 1 is 1.10 bits per heavy atom. The van der Waals surface area contributed by atoms with E-state index in [0.29, 0.717) is 6.04 Å². The molecule has 0 radical (unpaired) electrons. The van der Waals surface area contributed by atoms with Gasteiger partial charge in [0.1, 0.15) is 0 Å². The zero-order chi connectivity index (χ0) is 20.6. The van der Waals surface area contributed by atoms with Gasteiger partial charge in [-0.15, -0.1) is 24.0 Å². The maximum Gasteiger partial charge on any atom is 0.191 e. The molecule has 2 aromatic rings. The van der Waals surface area contributed by atoms with Crippen LogP contribution in [0.5, 0.6) is 0 Å². The van der Waals surface area contributed by atoms with Crippen LogP contribution in [0, 0.1) is 5.92 Å². The SMILES string of the molecule is CN=C(NCc1cccc(-n2cccn2)c1)NC1CCN(CC2CCCCC2)CC1.I. The topological polar surface area (TPSA) is 57.5 Å². The Morgan fingerprint density at radius 2 is 1.90 bits per heavy atom. The Morgan fingerprint density at radius 3 is 2.61 bits per heavy atom. The number of aliphatic imine (C=N–C) groups is 1. The van der Waals surface area contributed by atoms with Gasteiger partial charge in [-0.3, -0.25) is 4.99 Å². The Bertz CT molecular complexity index is 792. The summed E-state index contributed by atoms with van der Waals surface area (Å²) in [6.07, 6.45) is 13.4. The smallest absolute Gasteiger partial charge is 0.191 e. The molecule has 0 unspecified atom stereocenters. The molecule has 0 bridgehead atoms. The molecule has 7 heteroatoms. The minimum absolute atomic E-state index is 0. The van der Waals surface area contributed by atoms with Crippen LogP contribution in [0.4, 0.5) is 0 Å². The number of likely N-dealkylation sites (tertiary alicyclic amines) is 1. The number of guanidine groups is 1. The predicted molar refractivity (Wildman–Crippen MR) is 138 cm³/mol. The first kappa shape index (κ1) is 24.0. The number of hydrogen-bond donors (Lipinski definition) is 2. The number of halogens is 1. The first-order valence-electron chi connectivity index (χ1n) is 11.6. The fourth-order valence-corrected chi connectivity index (χ4v) is 4.80. The van der Waals surface area contributed by atoms with E-state index in [1.54, 1.807) is 6.20 Å². The molecule has 4 rings (SSSR count). The van der Waals surface area contributed by atoms with Gasteiger partial charge >= 0.3 is 0 Å². The second kappa shape index (κ2) is 12.4. The molecule has 0 amide bonds. The Labute approximate surface area is 203 Å². The summed E-state index contributed by atoms with van der Waals surface area (Å²) >= 11 is 0. The number of benzene rings is 1. The average molecular weight is 537 g/mol. The van der Waals surface area contributed by atoms with Crippen LogP contribution in [0.25, 0.3) is 5.69 Å². The lowest BCUT2D eigenvalue weighted by molar-refractivity contribution is 0.160. The summed E-state index contributed by atoms with van der Waals surface area (Å²) in [5.41, 5.74) is 2.29. The normalized spacial score (nSPS) is 19.1. The van der Waals surface area contributed by atoms with Crippen LogP contribution in [0.1, 0.15) is 50.5 Å². The van der Waals surface area contributed by atoms with Crippen molar-refractivity contribution in [2.45, 2.75) is 57.5 Å². The van der Waals surface area contributed by atoms with Gasteiger partial charge in [0.25, 0.3) is 0 Å². The van der Waals surface area contributed by atoms with Crippen LogP contribution in [0.3, 0.4) is 0 Å². The minimum Gasteiger partial charge on any atom is -0.354 e. The van der Waals surface area contributed by atoms with Crippen LogP contribution < -0.4 is 10.6 Å². The van der Waals surface area contributed by atoms with Crippen LogP contribution in [-0.4, -0.2) is 53.4 Å². The Balaban J connectivity index is 0.00000272. The third-order valence-electron chi connectivity index (χ3n) is 6.53. The first-order chi connectivity index (χ1) is 14.8. The molecule has 6 nitrogen and oxygen atoms in total. The predicted octanol–water partition coefficient (Wildman–Crippen LogP) is 4.20. The summed E-state index contributed by atoms with van der Waals surface area (Å²) in [6.45, 7) is 4.47. The van der Waals surface area contributed by atoms with Gasteiger partial charge in [-0.1, -0.05) is 31.4 Å². The number of hydrogen-bond acceptors (Lipinski definition) is 3. The van der Waals surface area contributed by atoms with Crippen molar-refractivity contribution in [1.29, 1.82) is 0 Å². The van der Waals surface area contributed by atoms with Crippen molar-refractivity contribution in [1.82, 2.24) is 25.3 Å². The molecule has 0 atom stereocenters. The average Bonchev–Trinajstić information content (AvgIpc) is 3.34. The quantitative estimate of drug-likeness (QED) is 0.330. The monoisotopic (exact) mass is 536 g/mol. The highest BCUT2D eigenvalue weighted by molar-refractivity contribution is 14.0. The third-order valence-corrected chi connectivity index (χ3v) is 6.53. The zero-order valence-corrected chi connectivity index (χ0v) is 21.0. The summed E-state index contributed by atoms with van der Waals surface area (Å²) in [6, 6.07) is 10.9. The number of aromatic nitrogens is 2. The highest BCUT2D eigenvalue weighted by Gasteiger charge is 2.23. The van der Waals surface area contributed by atoms with Crippen LogP contribution in [0.15, 0.2) is 47.7 Å². The van der Waals surface area contributed by atoms with Crippen molar-refractivity contribution in [3.63, 3.8) is 0 Å². The summed E-state index contributed by atoms with van der Waals surface area (Å²) in [5.74, 6) is 1.83. The number of nitrogens with one attached hydrogen (secondary N) is 2. The molecular weight excluding hydrogens is 499 g/mol. The van der Waals surface area contributed by atoms with E-state index in [-0.39, 0.29) is 24.0 Å². The highest BCUT2D eigenvalue weighted by atomic mass is 127. The molecule has 2 N–H and O–H groups in total. The summed E-state index contributed by atoms with van der Waals surface area (Å²) < 4.78 is 1.89. The van der Waals surface area contributed by atoms with Crippen molar-refractivity contribution < 1.29 is 0 Å². The van der Waals surface area contributed by atoms with Gasteiger partial charge in [-0.25, -0.2) is 4.68 Å². The zero-order valence-electron chi connectivity index (χ0n) is 18.7. The third kappa shape index (κ3) is 7.20. The van der Waals surface area contributed by atoms with Crippen molar-refractivity contribution in [3.8, 4) is 5.69 Å². The first-order valence-corrected chi connectivity index (χ1v) is 11.6. The molecule has 2 heterocycles. The number of rotatable bonds is 6. The fraction of sp³-hybridized carbons (Fsp3) is 0.583. The molecule has 1 aromatic carbocycles. The van der Waals surface area contributed by atoms with E-state index >= 15 is 0 Å². The Kier molecular flexibility index (Phi) is 9.64. The van der Waals surface area contributed by atoms with Gasteiger partial charge in [0, 0.05) is 51.7 Å². The molecule has 1 saturated heterocycles. The van der Waals surface area contributed by atoms with E-state index in [1.807, 2.05) is 24.0 Å². The lowest BCUT2D eigenvalue weighted by atomic mass is 9.88. The maximum atomic E-state index is 4.45. The second-order valence-electron chi connectivity index (χ2n) is 8.77. The molecule has 170 valence electrons. The molecular formula is C24H37IN6. The van der Waals surface area contributed by atoms with Crippen LogP contribution in [0.2, 0.25) is 0 Å².